The molecule has 2 aliphatic heterocycles. The Balaban J connectivity index is 1.07. The van der Waals surface area contributed by atoms with Crippen LogP contribution in [0.4, 0.5) is 10.6 Å². The van der Waals surface area contributed by atoms with Gasteiger partial charge < -0.3 is 34.7 Å². The molecule has 12 nitrogen and oxygen atoms in total. The number of piperidine rings is 1. The number of morpholine rings is 1. The second-order valence-electron chi connectivity index (χ2n) is 15.0. The summed E-state index contributed by atoms with van der Waals surface area (Å²) in [5, 5.41) is 16.7. The third kappa shape index (κ3) is 9.32. The summed E-state index contributed by atoms with van der Waals surface area (Å²) < 4.78 is 14.3. The van der Waals surface area contributed by atoms with E-state index < -0.39 is 14.2 Å². The molecule has 5 heterocycles. The molecule has 3 aromatic heterocycles. The van der Waals surface area contributed by atoms with E-state index in [0.717, 1.165) is 126 Å². The van der Waals surface area contributed by atoms with E-state index in [1.54, 1.807) is 6.33 Å². The van der Waals surface area contributed by atoms with Crippen LogP contribution in [0.25, 0.3) is 11.0 Å². The minimum atomic E-state index is -1.18. The molecule has 1 saturated carbocycles. The van der Waals surface area contributed by atoms with Crippen molar-refractivity contribution in [1.82, 2.24) is 35.1 Å². The molecule has 3 fully saturated rings. The van der Waals surface area contributed by atoms with Crippen molar-refractivity contribution in [3.05, 3.63) is 47.7 Å². The summed E-state index contributed by atoms with van der Waals surface area (Å²) in [6.07, 6.45) is 9.00. The fourth-order valence-electron chi connectivity index (χ4n) is 7.42. The van der Waals surface area contributed by atoms with Crippen LogP contribution in [0.1, 0.15) is 61.4 Å². The first-order valence-electron chi connectivity index (χ1n) is 17.9. The number of amides is 1. The van der Waals surface area contributed by atoms with E-state index in [-0.39, 0.29) is 6.04 Å². The Labute approximate surface area is 285 Å². The van der Waals surface area contributed by atoms with Gasteiger partial charge in [0.05, 0.1) is 24.3 Å². The van der Waals surface area contributed by atoms with Gasteiger partial charge in [0.2, 0.25) is 0 Å². The van der Waals surface area contributed by atoms with Gasteiger partial charge in [-0.15, -0.1) is 0 Å². The summed E-state index contributed by atoms with van der Waals surface area (Å²) in [6.45, 7) is 14.9. The molecule has 1 atom stereocenters. The molecule has 2 saturated heterocycles. The monoisotopic (exact) mass is 678 g/mol. The number of rotatable bonds is 13. The largest absolute Gasteiger partial charge is 0.465 e. The Kier molecular flexibility index (Phi) is 11.6. The van der Waals surface area contributed by atoms with Crippen LogP contribution in [0.5, 0.6) is 0 Å². The van der Waals surface area contributed by atoms with Crippen molar-refractivity contribution >= 4 is 31.0 Å². The first kappa shape index (κ1) is 34.7. The van der Waals surface area contributed by atoms with Crippen molar-refractivity contribution < 1.29 is 19.4 Å². The number of hydrogen-bond donors (Lipinski definition) is 3. The maximum absolute atomic E-state index is 11.1. The molecule has 0 radical (unpaired) electrons. The SMILES string of the molecule is C[Si](C)(C)CCOCn1c(C2CCC(NCc3cc(CN4CCC[C@@H](NC(=O)O)C4)ccn3)CC2)cc2c(N3CCOCC3)ncnc21. The highest BCUT2D eigenvalue weighted by atomic mass is 28.3. The van der Waals surface area contributed by atoms with Gasteiger partial charge in [-0.05, 0) is 80.8 Å². The zero-order valence-corrected chi connectivity index (χ0v) is 30.0. The average molecular weight is 679 g/mol. The normalized spacial score (nSPS) is 22.6. The Bertz CT molecular complexity index is 1500. The van der Waals surface area contributed by atoms with Crippen molar-refractivity contribution in [1.29, 1.82) is 0 Å². The molecule has 0 spiro atoms. The molecular weight excluding hydrogens is 625 g/mol. The van der Waals surface area contributed by atoms with Crippen molar-refractivity contribution in [3.8, 4) is 0 Å². The molecule has 1 amide bonds. The van der Waals surface area contributed by atoms with Gasteiger partial charge >= 0.3 is 6.09 Å². The maximum Gasteiger partial charge on any atom is 0.404 e. The molecule has 3 N–H and O–H groups in total. The fraction of sp³-hybridized carbons (Fsp3) is 0.657. The predicted molar refractivity (Wildman–Crippen MR) is 190 cm³/mol. The number of hydrogen-bond acceptors (Lipinski definition) is 9. The minimum Gasteiger partial charge on any atom is -0.465 e. The van der Waals surface area contributed by atoms with Crippen molar-refractivity contribution in [3.63, 3.8) is 0 Å². The van der Waals surface area contributed by atoms with E-state index in [1.807, 2.05) is 6.20 Å². The summed E-state index contributed by atoms with van der Waals surface area (Å²) in [5.74, 6) is 1.45. The smallest absolute Gasteiger partial charge is 0.404 e. The van der Waals surface area contributed by atoms with Gasteiger partial charge in [0, 0.05) is 71.4 Å². The third-order valence-corrected chi connectivity index (χ3v) is 11.8. The number of nitrogens with zero attached hydrogens (tertiary/aromatic N) is 6. The number of ether oxygens (including phenoxy) is 2. The van der Waals surface area contributed by atoms with Crippen LogP contribution in [0.3, 0.4) is 0 Å². The van der Waals surface area contributed by atoms with Gasteiger partial charge in [-0.3, -0.25) is 9.88 Å². The second-order valence-corrected chi connectivity index (χ2v) is 20.6. The van der Waals surface area contributed by atoms with Gasteiger partial charge in [-0.1, -0.05) is 19.6 Å². The lowest BCUT2D eigenvalue weighted by atomic mass is 9.84. The van der Waals surface area contributed by atoms with Crippen molar-refractivity contribution in [2.24, 2.45) is 0 Å². The van der Waals surface area contributed by atoms with Gasteiger partial charge in [-0.2, -0.15) is 0 Å². The zero-order valence-electron chi connectivity index (χ0n) is 29.0. The topological polar surface area (TPSA) is 130 Å². The van der Waals surface area contributed by atoms with E-state index in [1.165, 1.54) is 11.3 Å². The first-order chi connectivity index (χ1) is 23.2. The van der Waals surface area contributed by atoms with Gasteiger partial charge in [0.1, 0.15) is 24.5 Å². The van der Waals surface area contributed by atoms with E-state index in [0.29, 0.717) is 18.7 Å². The standard InChI is InChI=1S/C35H54N8O4Si/c1-48(2,3)18-17-47-25-43-32(20-31-33(38-24-39-34(31)43)42-13-15-46-16-14-42)27-6-8-28(9-7-27)37-21-30-19-26(10-11-36-30)22-41-12-4-5-29(23-41)40-35(44)45/h10-11,19-20,24,27-29,37,40H,4-9,12-18,21-23,25H2,1-3H3,(H,44,45)/t27?,28?,29-/m1/s1. The average Bonchev–Trinajstić information content (AvgIpc) is 3.45. The number of nitrogens with one attached hydrogen (secondary N) is 2. The Hall–Kier alpha value is -3.10. The highest BCUT2D eigenvalue weighted by Crippen LogP contribution is 2.38. The van der Waals surface area contributed by atoms with E-state index in [9.17, 15) is 4.79 Å². The number of aromatic nitrogens is 4. The van der Waals surface area contributed by atoms with Crippen LogP contribution in [0.2, 0.25) is 25.7 Å². The minimum absolute atomic E-state index is 0.00200. The summed E-state index contributed by atoms with van der Waals surface area (Å²) in [6, 6.07) is 8.21. The van der Waals surface area contributed by atoms with E-state index >= 15 is 0 Å². The van der Waals surface area contributed by atoms with E-state index in [4.69, 9.17) is 24.5 Å². The summed E-state index contributed by atoms with van der Waals surface area (Å²) in [7, 11) is -1.18. The molecule has 262 valence electrons. The van der Waals surface area contributed by atoms with E-state index in [2.05, 4.69) is 67.8 Å². The Morgan fingerprint density at radius 3 is 2.62 bits per heavy atom. The lowest BCUT2D eigenvalue weighted by Gasteiger charge is -2.32. The molecule has 6 rings (SSSR count). The highest BCUT2D eigenvalue weighted by molar-refractivity contribution is 6.76. The second kappa shape index (κ2) is 16.1. The number of anilines is 1. The Morgan fingerprint density at radius 1 is 1.04 bits per heavy atom. The molecular formula is C35H54N8O4Si. The van der Waals surface area contributed by atoms with Crippen molar-refractivity contribution in [2.75, 3.05) is 50.9 Å². The lowest BCUT2D eigenvalue weighted by Crippen LogP contribution is -2.46. The molecule has 0 aromatic carbocycles. The van der Waals surface area contributed by atoms with Crippen LogP contribution >= 0.6 is 0 Å². The first-order valence-corrected chi connectivity index (χ1v) is 21.6. The molecule has 3 aliphatic rings. The highest BCUT2D eigenvalue weighted by Gasteiger charge is 2.28. The van der Waals surface area contributed by atoms with Crippen LogP contribution in [0, 0.1) is 0 Å². The third-order valence-electron chi connectivity index (χ3n) is 10.1. The number of likely N-dealkylation sites (tertiary alicyclic amines) is 1. The molecule has 3 aromatic rings. The number of carbonyl (C=O) groups is 1. The number of fused-ring (bicyclic) bond motifs is 1. The number of pyridine rings is 1. The fourth-order valence-corrected chi connectivity index (χ4v) is 8.18. The maximum atomic E-state index is 11.1. The summed E-state index contributed by atoms with van der Waals surface area (Å²) in [4.78, 5) is 30.0. The zero-order chi connectivity index (χ0) is 33.5. The van der Waals surface area contributed by atoms with Crippen LogP contribution in [-0.2, 0) is 29.3 Å². The predicted octanol–water partition coefficient (Wildman–Crippen LogP) is 5.02. The van der Waals surface area contributed by atoms with Crippen LogP contribution < -0.4 is 15.5 Å². The summed E-state index contributed by atoms with van der Waals surface area (Å²) >= 11 is 0. The quantitative estimate of drug-likeness (QED) is 0.167. The lowest BCUT2D eigenvalue weighted by molar-refractivity contribution is 0.0866. The number of carboxylic acid groups (broad SMARTS) is 1. The molecule has 0 unspecified atom stereocenters. The molecule has 0 bridgehead atoms. The summed E-state index contributed by atoms with van der Waals surface area (Å²) in [5.41, 5.74) is 4.57. The molecule has 13 heteroatoms. The van der Waals surface area contributed by atoms with Gasteiger partial charge in [0.15, 0.2) is 0 Å². The van der Waals surface area contributed by atoms with Crippen molar-refractivity contribution in [2.45, 2.75) is 102 Å². The van der Waals surface area contributed by atoms with Crippen LogP contribution in [0.15, 0.2) is 30.7 Å². The van der Waals surface area contributed by atoms with Crippen LogP contribution in [-0.4, -0.2) is 102 Å². The molecule has 48 heavy (non-hydrogen) atoms. The Morgan fingerprint density at radius 2 is 1.85 bits per heavy atom. The van der Waals surface area contributed by atoms with Gasteiger partial charge in [-0.25, -0.2) is 14.8 Å². The van der Waals surface area contributed by atoms with Gasteiger partial charge in [0.25, 0.3) is 0 Å². The molecule has 1 aliphatic carbocycles.